The summed E-state index contributed by atoms with van der Waals surface area (Å²) in [5, 5.41) is 30.4. The minimum Gasteiger partial charge on any atom is -0.491 e. The Bertz CT molecular complexity index is 1010. The molecule has 0 aliphatic heterocycles. The average molecular weight is 526 g/mol. The molecule has 36 heavy (non-hydrogen) atoms. The molecule has 198 valence electrons. The number of hydrogen-bond donors (Lipinski definition) is 7. The summed E-state index contributed by atoms with van der Waals surface area (Å²) in [7, 11) is 0. The van der Waals surface area contributed by atoms with E-state index >= 15 is 0 Å². The van der Waals surface area contributed by atoms with Gasteiger partial charge < -0.3 is 47.3 Å². The number of unbranched alkanes of at least 4 members (excludes halogenated alkanes) is 1. The third-order valence-electron chi connectivity index (χ3n) is 4.72. The second-order valence-electron chi connectivity index (χ2n) is 7.80. The monoisotopic (exact) mass is 525 g/mol. The number of guanidine groups is 1. The van der Waals surface area contributed by atoms with Crippen molar-refractivity contribution in [1.82, 2.24) is 15.3 Å². The van der Waals surface area contributed by atoms with Crippen LogP contribution >= 0.6 is 11.6 Å². The number of nitrogen functional groups attached to an aromatic ring is 2. The van der Waals surface area contributed by atoms with Gasteiger partial charge in [0.1, 0.15) is 24.6 Å². The number of hydrogen-bond acceptors (Lipinski definition) is 10. The Labute approximate surface area is 213 Å². The number of nitrogens with two attached hydrogens (primary N) is 3. The molecular weight excluding hydrogens is 494 g/mol. The van der Waals surface area contributed by atoms with Gasteiger partial charge in [0, 0.05) is 6.54 Å². The van der Waals surface area contributed by atoms with Crippen LogP contribution in [-0.2, 0) is 11.2 Å². The van der Waals surface area contributed by atoms with Crippen molar-refractivity contribution in [2.24, 2.45) is 10.7 Å². The minimum absolute atomic E-state index is 0.00948. The Kier molecular flexibility index (Phi) is 12.1. The first-order valence-corrected chi connectivity index (χ1v) is 11.5. The number of aromatic nitrogens is 2. The molecular formula is C22H32ClN7O6. The number of aryl methyl sites for hydroxylation is 1. The number of nitrogens with zero attached hydrogens (tertiary/aromatic N) is 3. The van der Waals surface area contributed by atoms with Gasteiger partial charge in [-0.3, -0.25) is 4.79 Å². The number of aliphatic hydroxyl groups is 3. The molecule has 2 rings (SSSR count). The summed E-state index contributed by atoms with van der Waals surface area (Å²) in [5.74, 6) is -0.519. The first kappa shape index (κ1) is 29.0. The number of nitrogens with one attached hydrogen (secondary N) is 1. The fourth-order valence-electron chi connectivity index (χ4n) is 2.86. The van der Waals surface area contributed by atoms with E-state index in [4.69, 9.17) is 43.4 Å². The molecule has 1 aromatic heterocycles. The molecule has 2 atom stereocenters. The highest BCUT2D eigenvalue weighted by molar-refractivity contribution is 6.31. The third-order valence-corrected chi connectivity index (χ3v) is 5.00. The summed E-state index contributed by atoms with van der Waals surface area (Å²) in [6, 6.07) is 7.48. The van der Waals surface area contributed by atoms with Crippen molar-refractivity contribution in [2.75, 3.05) is 44.4 Å². The fraction of sp³-hybridized carbons (Fsp3) is 0.455. The lowest BCUT2D eigenvalue weighted by molar-refractivity contribution is -0.0337. The summed E-state index contributed by atoms with van der Waals surface area (Å²) in [5.41, 5.74) is 17.7. The largest absolute Gasteiger partial charge is 0.491 e. The summed E-state index contributed by atoms with van der Waals surface area (Å²) < 4.78 is 10.6. The lowest BCUT2D eigenvalue weighted by atomic mass is 10.1. The highest BCUT2D eigenvalue weighted by Crippen LogP contribution is 2.18. The predicted molar refractivity (Wildman–Crippen MR) is 135 cm³/mol. The number of aliphatic hydroxyl groups excluding tert-OH is 3. The first-order chi connectivity index (χ1) is 17.2. The smallest absolute Gasteiger partial charge is 0.302 e. The number of rotatable bonds is 14. The number of ether oxygens (including phenoxy) is 2. The molecule has 13 nitrogen and oxygen atoms in total. The maximum Gasteiger partial charge on any atom is 0.302 e. The molecule has 0 bridgehead atoms. The Morgan fingerprint density at radius 1 is 1.06 bits per heavy atom. The van der Waals surface area contributed by atoms with Crippen LogP contribution in [-0.4, -0.2) is 82.3 Å². The van der Waals surface area contributed by atoms with Gasteiger partial charge in [-0.2, -0.15) is 4.99 Å². The molecule has 0 fully saturated rings. The summed E-state index contributed by atoms with van der Waals surface area (Å²) in [6.45, 7) is 0.0775. The Morgan fingerprint density at radius 2 is 1.75 bits per heavy atom. The molecule has 0 aliphatic carbocycles. The standard InChI is InChI=1S/C22H32ClN7O6/c23-18-20(25)29-19(24)17(28-18)21(34)30-22(26)27-8-2-1-3-13-4-6-16(7-5-13)36-12-15(33)11-35-10-14(32)9-31/h4-7,14-15,31-33H,1-3,8-12H2,(H4,24,25,29)(H3,26,27,30,34). The Balaban J connectivity index is 1.65. The zero-order valence-corrected chi connectivity index (χ0v) is 20.4. The van der Waals surface area contributed by atoms with Gasteiger partial charge in [0.2, 0.25) is 0 Å². The highest BCUT2D eigenvalue weighted by atomic mass is 35.5. The van der Waals surface area contributed by atoms with E-state index in [2.05, 4.69) is 20.3 Å². The molecule has 0 radical (unpaired) electrons. The summed E-state index contributed by atoms with van der Waals surface area (Å²) in [4.78, 5) is 23.4. The zero-order chi connectivity index (χ0) is 26.5. The third kappa shape index (κ3) is 10.2. The van der Waals surface area contributed by atoms with Gasteiger partial charge in [-0.25, -0.2) is 9.97 Å². The summed E-state index contributed by atoms with van der Waals surface area (Å²) >= 11 is 5.76. The van der Waals surface area contributed by atoms with Gasteiger partial charge in [-0.15, -0.1) is 0 Å². The van der Waals surface area contributed by atoms with Gasteiger partial charge in [-0.1, -0.05) is 23.7 Å². The van der Waals surface area contributed by atoms with Crippen molar-refractivity contribution in [3.05, 3.63) is 40.7 Å². The van der Waals surface area contributed by atoms with Crippen LogP contribution in [0.2, 0.25) is 5.15 Å². The van der Waals surface area contributed by atoms with Crippen molar-refractivity contribution < 1.29 is 29.6 Å². The molecule has 2 aromatic rings. The normalized spacial score (nSPS) is 13.3. The van der Waals surface area contributed by atoms with Crippen LogP contribution in [0.4, 0.5) is 11.6 Å². The minimum atomic E-state index is -0.966. The van der Waals surface area contributed by atoms with E-state index in [1.165, 1.54) is 0 Å². The molecule has 14 heteroatoms. The molecule has 1 aromatic carbocycles. The molecule has 0 saturated heterocycles. The van der Waals surface area contributed by atoms with Crippen LogP contribution in [0.25, 0.3) is 0 Å². The maximum atomic E-state index is 12.2. The van der Waals surface area contributed by atoms with E-state index in [-0.39, 0.29) is 48.3 Å². The lowest BCUT2D eigenvalue weighted by Crippen LogP contribution is -2.33. The first-order valence-electron chi connectivity index (χ1n) is 11.2. The van der Waals surface area contributed by atoms with Crippen LogP contribution in [0.5, 0.6) is 5.75 Å². The molecule has 0 saturated carbocycles. The molecule has 1 heterocycles. The molecule has 0 spiro atoms. The van der Waals surface area contributed by atoms with E-state index in [0.29, 0.717) is 12.3 Å². The lowest BCUT2D eigenvalue weighted by Gasteiger charge is -2.14. The van der Waals surface area contributed by atoms with Gasteiger partial charge in [0.15, 0.2) is 28.4 Å². The average Bonchev–Trinajstić information content (AvgIpc) is 2.85. The Morgan fingerprint density at radius 3 is 2.44 bits per heavy atom. The van der Waals surface area contributed by atoms with Crippen molar-refractivity contribution in [1.29, 1.82) is 0 Å². The van der Waals surface area contributed by atoms with E-state index < -0.39 is 24.7 Å². The number of amides is 1. The van der Waals surface area contributed by atoms with Gasteiger partial charge in [-0.05, 0) is 37.0 Å². The van der Waals surface area contributed by atoms with Crippen molar-refractivity contribution in [3.8, 4) is 5.75 Å². The molecule has 2 unspecified atom stereocenters. The molecule has 0 aliphatic rings. The van der Waals surface area contributed by atoms with E-state index in [1.54, 1.807) is 0 Å². The second-order valence-corrected chi connectivity index (χ2v) is 8.16. The Hall–Kier alpha value is -3.23. The maximum absolute atomic E-state index is 12.2. The van der Waals surface area contributed by atoms with E-state index in [0.717, 1.165) is 24.8 Å². The fourth-order valence-corrected chi connectivity index (χ4v) is 2.98. The van der Waals surface area contributed by atoms with Crippen LogP contribution in [0.1, 0.15) is 28.9 Å². The number of anilines is 2. The van der Waals surface area contributed by atoms with Crippen molar-refractivity contribution in [2.45, 2.75) is 31.5 Å². The SMILES string of the molecule is N/C(=N\C(=O)c1nc(Cl)c(N)nc1N)NCCCCc1ccc(OCC(O)COCC(O)CO)cc1. The highest BCUT2D eigenvalue weighted by Gasteiger charge is 2.16. The zero-order valence-electron chi connectivity index (χ0n) is 19.6. The quantitative estimate of drug-likeness (QED) is 0.0938. The molecule has 1 amide bonds. The van der Waals surface area contributed by atoms with Crippen LogP contribution < -0.4 is 27.3 Å². The van der Waals surface area contributed by atoms with Crippen molar-refractivity contribution >= 4 is 35.1 Å². The van der Waals surface area contributed by atoms with Gasteiger partial charge in [0.25, 0.3) is 0 Å². The number of carbonyl (C=O) groups is 1. The molecule has 10 N–H and O–H groups in total. The van der Waals surface area contributed by atoms with Gasteiger partial charge in [0.05, 0.1) is 19.8 Å². The predicted octanol–water partition coefficient (Wildman–Crippen LogP) is -0.529. The van der Waals surface area contributed by atoms with E-state index in [9.17, 15) is 15.0 Å². The van der Waals surface area contributed by atoms with Gasteiger partial charge >= 0.3 is 5.91 Å². The van der Waals surface area contributed by atoms with Crippen molar-refractivity contribution in [3.63, 3.8) is 0 Å². The second kappa shape index (κ2) is 15.0. The van der Waals surface area contributed by atoms with E-state index in [1.807, 2.05) is 24.3 Å². The summed E-state index contributed by atoms with van der Waals surface area (Å²) in [6.07, 6.45) is 0.624. The topological polar surface area (TPSA) is 224 Å². The van der Waals surface area contributed by atoms with Crippen LogP contribution in [0.3, 0.4) is 0 Å². The number of carbonyl (C=O) groups excluding carboxylic acids is 1. The van der Waals surface area contributed by atoms with Crippen LogP contribution in [0, 0.1) is 0 Å². The number of aliphatic imine (C=N–C) groups is 1. The number of halogens is 1. The number of benzene rings is 1. The van der Waals surface area contributed by atoms with Crippen LogP contribution in [0.15, 0.2) is 29.3 Å².